The smallest absolute Gasteiger partial charge is 0.305 e. The summed E-state index contributed by atoms with van der Waals surface area (Å²) in [5.41, 5.74) is 6.41. The average molecular weight is 248 g/mol. The minimum absolute atomic E-state index is 0.0470. The Hall–Kier alpha value is -2.30. The van der Waals surface area contributed by atoms with Crippen molar-refractivity contribution in [3.63, 3.8) is 0 Å². The van der Waals surface area contributed by atoms with Gasteiger partial charge in [0.05, 0.1) is 6.42 Å². The number of hydrogen-bond acceptors (Lipinski definition) is 3. The lowest BCUT2D eigenvalue weighted by molar-refractivity contribution is -0.136. The second-order valence-electron chi connectivity index (χ2n) is 3.79. The lowest BCUT2D eigenvalue weighted by atomic mass is 10.2. The molecule has 0 saturated carbocycles. The van der Waals surface area contributed by atoms with Gasteiger partial charge in [0.15, 0.2) is 0 Å². The van der Waals surface area contributed by atoms with Crippen LogP contribution in [-0.2, 0) is 4.79 Å². The standard InChI is InChI=1S/C13H16N2O3/c1-2-8-15(9-7-12(16)17)11-5-3-10(4-6-11)13(14)18/h2-6H,1,7-9H2,(H2,14,18)(H,16,17). The molecule has 5 heteroatoms. The maximum Gasteiger partial charge on any atom is 0.305 e. The van der Waals surface area contributed by atoms with Crippen LogP contribution in [0.3, 0.4) is 0 Å². The number of hydrogen-bond donors (Lipinski definition) is 2. The van der Waals surface area contributed by atoms with E-state index in [9.17, 15) is 9.59 Å². The highest BCUT2D eigenvalue weighted by atomic mass is 16.4. The first-order valence-electron chi connectivity index (χ1n) is 5.52. The number of primary amides is 1. The summed E-state index contributed by atoms with van der Waals surface area (Å²) < 4.78 is 0. The van der Waals surface area contributed by atoms with E-state index in [1.807, 2.05) is 4.90 Å². The van der Waals surface area contributed by atoms with Crippen molar-refractivity contribution in [1.82, 2.24) is 0 Å². The molecule has 1 amide bonds. The number of carbonyl (C=O) groups is 2. The van der Waals surface area contributed by atoms with Gasteiger partial charge in [-0.3, -0.25) is 9.59 Å². The number of aliphatic carboxylic acids is 1. The van der Waals surface area contributed by atoms with Crippen LogP contribution in [0.2, 0.25) is 0 Å². The number of benzene rings is 1. The summed E-state index contributed by atoms with van der Waals surface area (Å²) in [4.78, 5) is 23.4. The molecule has 1 aromatic carbocycles. The van der Waals surface area contributed by atoms with Crippen LogP contribution >= 0.6 is 0 Å². The Bertz CT molecular complexity index is 440. The molecule has 0 heterocycles. The van der Waals surface area contributed by atoms with Crippen LogP contribution in [-0.4, -0.2) is 30.1 Å². The molecule has 0 bridgehead atoms. The number of nitrogens with zero attached hydrogens (tertiary/aromatic N) is 1. The van der Waals surface area contributed by atoms with E-state index in [0.717, 1.165) is 5.69 Å². The number of rotatable bonds is 7. The topological polar surface area (TPSA) is 83.6 Å². The quantitative estimate of drug-likeness (QED) is 0.711. The number of carbonyl (C=O) groups excluding carboxylic acids is 1. The van der Waals surface area contributed by atoms with Crippen molar-refractivity contribution in [3.8, 4) is 0 Å². The van der Waals surface area contributed by atoms with E-state index in [1.165, 1.54) is 0 Å². The molecule has 3 N–H and O–H groups in total. The highest BCUT2D eigenvalue weighted by Crippen LogP contribution is 2.15. The molecule has 0 aromatic heterocycles. The van der Waals surface area contributed by atoms with Gasteiger partial charge in [-0.15, -0.1) is 6.58 Å². The molecule has 0 saturated heterocycles. The molecule has 96 valence electrons. The summed E-state index contributed by atoms with van der Waals surface area (Å²) >= 11 is 0. The zero-order chi connectivity index (χ0) is 13.5. The van der Waals surface area contributed by atoms with Crippen LogP contribution in [0.5, 0.6) is 0 Å². The summed E-state index contributed by atoms with van der Waals surface area (Å²) in [5.74, 6) is -1.33. The van der Waals surface area contributed by atoms with Gasteiger partial charge in [-0.1, -0.05) is 6.08 Å². The molecular formula is C13H16N2O3. The molecule has 0 spiro atoms. The van der Waals surface area contributed by atoms with Gasteiger partial charge >= 0.3 is 5.97 Å². The van der Waals surface area contributed by atoms with Gasteiger partial charge in [-0.2, -0.15) is 0 Å². The third-order valence-corrected chi connectivity index (χ3v) is 2.46. The Morgan fingerprint density at radius 2 is 1.94 bits per heavy atom. The lowest BCUT2D eigenvalue weighted by Crippen LogP contribution is -2.26. The largest absolute Gasteiger partial charge is 0.481 e. The van der Waals surface area contributed by atoms with E-state index < -0.39 is 11.9 Å². The first kappa shape index (κ1) is 13.8. The lowest BCUT2D eigenvalue weighted by Gasteiger charge is -2.22. The fourth-order valence-electron chi connectivity index (χ4n) is 1.55. The van der Waals surface area contributed by atoms with Crippen molar-refractivity contribution < 1.29 is 14.7 Å². The first-order chi connectivity index (χ1) is 8.54. The second-order valence-corrected chi connectivity index (χ2v) is 3.79. The minimum atomic E-state index is -0.849. The highest BCUT2D eigenvalue weighted by molar-refractivity contribution is 5.93. The monoisotopic (exact) mass is 248 g/mol. The maximum absolute atomic E-state index is 10.9. The third-order valence-electron chi connectivity index (χ3n) is 2.46. The van der Waals surface area contributed by atoms with Crippen LogP contribution in [0.4, 0.5) is 5.69 Å². The molecule has 18 heavy (non-hydrogen) atoms. The van der Waals surface area contributed by atoms with Crippen LogP contribution < -0.4 is 10.6 Å². The molecular weight excluding hydrogens is 232 g/mol. The Balaban J connectivity index is 2.81. The van der Waals surface area contributed by atoms with Crippen molar-refractivity contribution in [2.45, 2.75) is 6.42 Å². The molecule has 0 aliphatic rings. The van der Waals surface area contributed by atoms with E-state index in [0.29, 0.717) is 18.7 Å². The second kappa shape index (κ2) is 6.44. The van der Waals surface area contributed by atoms with Crippen molar-refractivity contribution in [2.24, 2.45) is 5.73 Å². The predicted molar refractivity (Wildman–Crippen MR) is 69.6 cm³/mol. The first-order valence-corrected chi connectivity index (χ1v) is 5.52. The molecule has 0 unspecified atom stereocenters. The Kier molecular flexibility index (Phi) is 4.92. The average Bonchev–Trinajstić information content (AvgIpc) is 2.34. The predicted octanol–water partition coefficient (Wildman–Crippen LogP) is 1.25. The molecule has 1 rings (SSSR count). The normalized spacial score (nSPS) is 9.78. The zero-order valence-corrected chi connectivity index (χ0v) is 10.0. The third kappa shape index (κ3) is 3.93. The number of carboxylic acids is 1. The van der Waals surface area contributed by atoms with Crippen LogP contribution in [0.1, 0.15) is 16.8 Å². The maximum atomic E-state index is 10.9. The van der Waals surface area contributed by atoms with E-state index in [4.69, 9.17) is 10.8 Å². The van der Waals surface area contributed by atoms with Gasteiger partial charge in [0.25, 0.3) is 0 Å². The van der Waals surface area contributed by atoms with Crippen molar-refractivity contribution >= 4 is 17.6 Å². The number of amides is 1. The fraction of sp³-hybridized carbons (Fsp3) is 0.231. The molecule has 0 fully saturated rings. The Morgan fingerprint density at radius 3 is 2.39 bits per heavy atom. The molecule has 0 aliphatic heterocycles. The molecule has 1 aromatic rings. The van der Waals surface area contributed by atoms with E-state index in [1.54, 1.807) is 30.3 Å². The van der Waals surface area contributed by atoms with Crippen molar-refractivity contribution in [1.29, 1.82) is 0 Å². The number of nitrogens with two attached hydrogens (primary N) is 1. The van der Waals surface area contributed by atoms with Gasteiger partial charge in [-0.25, -0.2) is 0 Å². The molecule has 0 radical (unpaired) electrons. The highest BCUT2D eigenvalue weighted by Gasteiger charge is 2.08. The van der Waals surface area contributed by atoms with E-state index >= 15 is 0 Å². The SMILES string of the molecule is C=CCN(CCC(=O)O)c1ccc(C(N)=O)cc1. The van der Waals surface area contributed by atoms with E-state index in [2.05, 4.69) is 6.58 Å². The van der Waals surface area contributed by atoms with E-state index in [-0.39, 0.29) is 6.42 Å². The molecule has 0 atom stereocenters. The Morgan fingerprint density at radius 1 is 1.33 bits per heavy atom. The van der Waals surface area contributed by atoms with Crippen molar-refractivity contribution in [3.05, 3.63) is 42.5 Å². The summed E-state index contributed by atoms with van der Waals surface area (Å²) in [7, 11) is 0. The van der Waals surface area contributed by atoms with Crippen molar-refractivity contribution in [2.75, 3.05) is 18.0 Å². The zero-order valence-electron chi connectivity index (χ0n) is 10.0. The number of anilines is 1. The molecule has 0 aliphatic carbocycles. The van der Waals surface area contributed by atoms with Crippen LogP contribution in [0, 0.1) is 0 Å². The summed E-state index contributed by atoms with van der Waals surface area (Å²) in [6, 6.07) is 6.72. The summed E-state index contributed by atoms with van der Waals surface area (Å²) in [5, 5.41) is 8.68. The van der Waals surface area contributed by atoms with Gasteiger partial charge < -0.3 is 15.7 Å². The van der Waals surface area contributed by atoms with Gasteiger partial charge in [0.1, 0.15) is 0 Å². The number of carboxylic acid groups (broad SMARTS) is 1. The minimum Gasteiger partial charge on any atom is -0.481 e. The van der Waals surface area contributed by atoms with Crippen LogP contribution in [0.25, 0.3) is 0 Å². The fourth-order valence-corrected chi connectivity index (χ4v) is 1.55. The summed E-state index contributed by atoms with van der Waals surface area (Å²) in [6.45, 7) is 4.57. The molecule has 5 nitrogen and oxygen atoms in total. The Labute approximate surface area is 106 Å². The van der Waals surface area contributed by atoms with Gasteiger partial charge in [0, 0.05) is 24.3 Å². The summed E-state index contributed by atoms with van der Waals surface area (Å²) in [6.07, 6.45) is 1.75. The van der Waals surface area contributed by atoms with Gasteiger partial charge in [-0.05, 0) is 24.3 Å². The van der Waals surface area contributed by atoms with Gasteiger partial charge in [0.2, 0.25) is 5.91 Å². The van der Waals surface area contributed by atoms with Crippen LogP contribution in [0.15, 0.2) is 36.9 Å².